The highest BCUT2D eigenvalue weighted by atomic mass is 32.2. The van der Waals surface area contributed by atoms with Gasteiger partial charge in [-0.1, -0.05) is 29.8 Å². The van der Waals surface area contributed by atoms with Crippen molar-refractivity contribution in [2.75, 3.05) is 4.90 Å². The zero-order valence-corrected chi connectivity index (χ0v) is 16.9. The number of furan rings is 1. The number of aryl methyl sites for hydroxylation is 2. The van der Waals surface area contributed by atoms with Crippen LogP contribution in [0.2, 0.25) is 0 Å². The maximum Gasteiger partial charge on any atom is 0.298 e. The van der Waals surface area contributed by atoms with Crippen molar-refractivity contribution in [3.8, 4) is 11.3 Å². The van der Waals surface area contributed by atoms with Crippen LogP contribution in [0, 0.1) is 24.0 Å². The smallest absolute Gasteiger partial charge is 0.298 e. The van der Waals surface area contributed by atoms with E-state index in [2.05, 4.69) is 0 Å². The number of nitro benzene ring substituents is 1. The summed E-state index contributed by atoms with van der Waals surface area (Å²) in [6.07, 6.45) is 1.51. The Balaban J connectivity index is 1.62. The molecular formula is C22H16N2O5S. The van der Waals surface area contributed by atoms with Crippen LogP contribution < -0.4 is 4.90 Å². The number of hydrogen-bond donors (Lipinski definition) is 0. The van der Waals surface area contributed by atoms with Gasteiger partial charge < -0.3 is 4.42 Å². The molecule has 2 heterocycles. The summed E-state index contributed by atoms with van der Waals surface area (Å²) < 4.78 is 5.74. The second-order valence-electron chi connectivity index (χ2n) is 6.82. The topological polar surface area (TPSA) is 93.7 Å². The highest BCUT2D eigenvalue weighted by Gasteiger charge is 2.37. The average molecular weight is 420 g/mol. The minimum absolute atomic E-state index is 0.0416. The van der Waals surface area contributed by atoms with Crippen LogP contribution in [-0.2, 0) is 4.79 Å². The fourth-order valence-corrected chi connectivity index (χ4v) is 4.03. The number of nitro groups is 1. The summed E-state index contributed by atoms with van der Waals surface area (Å²) in [4.78, 5) is 37.2. The van der Waals surface area contributed by atoms with E-state index in [4.69, 9.17) is 4.42 Å². The summed E-state index contributed by atoms with van der Waals surface area (Å²) in [6, 6.07) is 14.9. The number of carbonyl (C=O) groups excluding carboxylic acids is 2. The Bertz CT molecular complexity index is 1230. The lowest BCUT2D eigenvalue weighted by Crippen LogP contribution is -2.28. The number of imide groups is 1. The number of nitrogens with zero attached hydrogens (tertiary/aromatic N) is 2. The molecule has 3 aromatic rings. The van der Waals surface area contributed by atoms with Crippen LogP contribution in [0.25, 0.3) is 17.4 Å². The highest BCUT2D eigenvalue weighted by Crippen LogP contribution is 2.37. The molecule has 0 unspecified atom stereocenters. The van der Waals surface area contributed by atoms with Gasteiger partial charge in [-0.25, -0.2) is 4.90 Å². The lowest BCUT2D eigenvalue weighted by atomic mass is 10.1. The van der Waals surface area contributed by atoms with Gasteiger partial charge in [0.1, 0.15) is 11.5 Å². The van der Waals surface area contributed by atoms with E-state index in [9.17, 15) is 19.7 Å². The Hall–Kier alpha value is -3.65. The van der Waals surface area contributed by atoms with Gasteiger partial charge in [0.15, 0.2) is 0 Å². The van der Waals surface area contributed by atoms with E-state index in [0.29, 0.717) is 22.8 Å². The van der Waals surface area contributed by atoms with Gasteiger partial charge in [-0.15, -0.1) is 0 Å². The number of anilines is 1. The molecule has 0 saturated carbocycles. The van der Waals surface area contributed by atoms with Crippen molar-refractivity contribution in [2.24, 2.45) is 0 Å². The van der Waals surface area contributed by atoms with E-state index >= 15 is 0 Å². The predicted molar refractivity (Wildman–Crippen MR) is 115 cm³/mol. The molecule has 0 bridgehead atoms. The van der Waals surface area contributed by atoms with E-state index in [1.165, 1.54) is 18.2 Å². The summed E-state index contributed by atoms with van der Waals surface area (Å²) in [7, 11) is 0. The third kappa shape index (κ3) is 3.65. The third-order valence-corrected chi connectivity index (χ3v) is 5.50. The van der Waals surface area contributed by atoms with E-state index in [-0.39, 0.29) is 15.8 Å². The largest absolute Gasteiger partial charge is 0.457 e. The summed E-state index contributed by atoms with van der Waals surface area (Å²) in [5.41, 5.74) is 2.95. The molecule has 1 saturated heterocycles. The third-order valence-electron chi connectivity index (χ3n) is 4.63. The molecule has 0 spiro atoms. The van der Waals surface area contributed by atoms with Crippen molar-refractivity contribution < 1.29 is 18.9 Å². The maximum absolute atomic E-state index is 12.9. The van der Waals surface area contributed by atoms with Crippen molar-refractivity contribution in [1.29, 1.82) is 0 Å². The second kappa shape index (κ2) is 7.64. The molecule has 2 amide bonds. The van der Waals surface area contributed by atoms with Crippen LogP contribution in [0.4, 0.5) is 16.2 Å². The molecule has 0 aliphatic carbocycles. The van der Waals surface area contributed by atoms with Crippen molar-refractivity contribution >= 4 is 40.4 Å². The molecule has 1 aromatic heterocycles. The first-order valence-electron chi connectivity index (χ1n) is 9.03. The molecule has 1 aliphatic rings. The van der Waals surface area contributed by atoms with Crippen molar-refractivity contribution in [1.82, 2.24) is 0 Å². The van der Waals surface area contributed by atoms with Crippen LogP contribution in [-0.4, -0.2) is 16.1 Å². The minimum atomic E-state index is -0.476. The molecule has 1 fully saturated rings. The number of carbonyl (C=O) groups is 2. The molecular weight excluding hydrogens is 404 g/mol. The highest BCUT2D eigenvalue weighted by molar-refractivity contribution is 8.19. The van der Waals surface area contributed by atoms with Gasteiger partial charge in [0.25, 0.3) is 16.8 Å². The first-order chi connectivity index (χ1) is 14.3. The predicted octanol–water partition coefficient (Wildman–Crippen LogP) is 5.71. The first-order valence-corrected chi connectivity index (χ1v) is 9.85. The molecule has 8 heteroatoms. The van der Waals surface area contributed by atoms with E-state index < -0.39 is 10.8 Å². The Labute approximate surface area is 176 Å². The zero-order chi connectivity index (χ0) is 21.4. The summed E-state index contributed by atoms with van der Waals surface area (Å²) in [5.74, 6) is 0.395. The monoisotopic (exact) mass is 420 g/mol. The fraction of sp³-hybridized carbons (Fsp3) is 0.0909. The molecule has 0 atom stereocenters. The van der Waals surface area contributed by atoms with Crippen LogP contribution in [0.5, 0.6) is 0 Å². The van der Waals surface area contributed by atoms with Gasteiger partial charge in [0.2, 0.25) is 0 Å². The molecule has 7 nitrogen and oxygen atoms in total. The average Bonchev–Trinajstić information content (AvgIpc) is 3.28. The molecule has 30 heavy (non-hydrogen) atoms. The Morgan fingerprint density at radius 1 is 1.07 bits per heavy atom. The number of thioether (sulfide) groups is 1. The van der Waals surface area contributed by atoms with Crippen molar-refractivity contribution in [2.45, 2.75) is 13.8 Å². The van der Waals surface area contributed by atoms with Gasteiger partial charge in [-0.2, -0.15) is 0 Å². The molecule has 0 N–H and O–H groups in total. The Morgan fingerprint density at radius 3 is 2.60 bits per heavy atom. The van der Waals surface area contributed by atoms with Crippen LogP contribution in [0.1, 0.15) is 16.9 Å². The van der Waals surface area contributed by atoms with Gasteiger partial charge in [-0.3, -0.25) is 19.7 Å². The number of benzene rings is 2. The number of amides is 2. The lowest BCUT2D eigenvalue weighted by molar-refractivity contribution is -0.384. The maximum atomic E-state index is 12.9. The molecule has 150 valence electrons. The minimum Gasteiger partial charge on any atom is -0.457 e. The molecule has 0 radical (unpaired) electrons. The standard InChI is InChI=1S/C22H16N2O5S/c1-13-6-8-18(14(2)10-13)23-21(25)20(30-22(23)26)12-17-7-9-19(29-17)15-4-3-5-16(11-15)24(27)28/h3-12H,1-2H3/b20-12+. The van der Waals surface area contributed by atoms with Gasteiger partial charge in [0, 0.05) is 23.8 Å². The molecule has 2 aromatic carbocycles. The van der Waals surface area contributed by atoms with E-state index in [0.717, 1.165) is 27.8 Å². The van der Waals surface area contributed by atoms with Crippen molar-refractivity contribution in [3.05, 3.63) is 86.5 Å². The quantitative estimate of drug-likeness (QED) is 0.305. The number of non-ortho nitro benzene ring substituents is 1. The van der Waals surface area contributed by atoms with Gasteiger partial charge in [-0.05, 0) is 49.4 Å². The first kappa shape index (κ1) is 19.7. The fourth-order valence-electron chi connectivity index (χ4n) is 3.22. The van der Waals surface area contributed by atoms with E-state index in [1.807, 2.05) is 26.0 Å². The zero-order valence-electron chi connectivity index (χ0n) is 16.1. The summed E-state index contributed by atoms with van der Waals surface area (Å²) in [6.45, 7) is 3.80. The molecule has 4 rings (SSSR count). The SMILES string of the molecule is Cc1ccc(N2C(=O)S/C(=C/c3ccc(-c4cccc([N+](=O)[O-])c4)o3)C2=O)c(C)c1. The normalized spacial score (nSPS) is 15.3. The van der Waals surface area contributed by atoms with Crippen LogP contribution in [0.3, 0.4) is 0 Å². The van der Waals surface area contributed by atoms with Crippen LogP contribution >= 0.6 is 11.8 Å². The Morgan fingerprint density at radius 2 is 1.87 bits per heavy atom. The van der Waals surface area contributed by atoms with E-state index in [1.54, 1.807) is 30.3 Å². The van der Waals surface area contributed by atoms with Gasteiger partial charge in [0.05, 0.1) is 15.5 Å². The number of hydrogen-bond acceptors (Lipinski definition) is 6. The van der Waals surface area contributed by atoms with Crippen LogP contribution in [0.15, 0.2) is 63.9 Å². The Kier molecular flexibility index (Phi) is 5.01. The summed E-state index contributed by atoms with van der Waals surface area (Å²) >= 11 is 0.845. The summed E-state index contributed by atoms with van der Waals surface area (Å²) in [5, 5.41) is 10.6. The van der Waals surface area contributed by atoms with Crippen molar-refractivity contribution in [3.63, 3.8) is 0 Å². The lowest BCUT2D eigenvalue weighted by Gasteiger charge is -2.15. The molecule has 1 aliphatic heterocycles. The number of rotatable bonds is 4. The van der Waals surface area contributed by atoms with Gasteiger partial charge >= 0.3 is 0 Å². The second-order valence-corrected chi connectivity index (χ2v) is 7.81.